The molecule has 1 aliphatic heterocycles. The van der Waals surface area contributed by atoms with E-state index in [4.69, 9.17) is 0 Å². The summed E-state index contributed by atoms with van der Waals surface area (Å²) in [7, 11) is -3.58. The normalized spacial score (nSPS) is 22.4. The molecule has 7 heteroatoms. The molecule has 2 rings (SSSR count). The van der Waals surface area contributed by atoms with Gasteiger partial charge in [0, 0.05) is 24.0 Å². The van der Waals surface area contributed by atoms with Gasteiger partial charge in [-0.2, -0.15) is 11.8 Å². The van der Waals surface area contributed by atoms with Gasteiger partial charge in [-0.25, -0.2) is 18.1 Å². The first-order chi connectivity index (χ1) is 9.97. The molecular formula is C14H23N3O2S2. The van der Waals surface area contributed by atoms with E-state index in [1.165, 1.54) is 6.20 Å². The van der Waals surface area contributed by atoms with Crippen LogP contribution in [-0.4, -0.2) is 37.0 Å². The lowest BCUT2D eigenvalue weighted by atomic mass is 10.1. The van der Waals surface area contributed by atoms with Crippen molar-refractivity contribution in [3.05, 3.63) is 18.3 Å². The van der Waals surface area contributed by atoms with Gasteiger partial charge in [-0.15, -0.1) is 0 Å². The Hall–Kier alpha value is -0.790. The van der Waals surface area contributed by atoms with Gasteiger partial charge in [-0.05, 0) is 44.1 Å². The highest BCUT2D eigenvalue weighted by atomic mass is 32.2. The molecule has 1 aromatic heterocycles. The van der Waals surface area contributed by atoms with E-state index in [-0.39, 0.29) is 9.77 Å². The standard InChI is InChI=1S/C14H23N3O2S2/c1-3-8-15-12-6-4-9-16-13(12)21(18,19)17-11-14(2)7-5-10-20-14/h4,6,9,15,17H,3,5,7-8,10-11H2,1-2H3. The minimum absolute atomic E-state index is 0.00113. The maximum atomic E-state index is 12.5. The van der Waals surface area contributed by atoms with Crippen molar-refractivity contribution in [1.82, 2.24) is 9.71 Å². The van der Waals surface area contributed by atoms with Gasteiger partial charge in [0.25, 0.3) is 10.0 Å². The number of nitrogens with one attached hydrogen (secondary N) is 2. The van der Waals surface area contributed by atoms with Crippen LogP contribution in [0.4, 0.5) is 5.69 Å². The maximum Gasteiger partial charge on any atom is 0.260 e. The molecular weight excluding hydrogens is 306 g/mol. The molecule has 118 valence electrons. The number of nitrogens with zero attached hydrogens (tertiary/aromatic N) is 1. The van der Waals surface area contributed by atoms with Crippen LogP contribution in [0.1, 0.15) is 33.1 Å². The van der Waals surface area contributed by atoms with Crippen molar-refractivity contribution in [2.45, 2.75) is 42.9 Å². The highest BCUT2D eigenvalue weighted by molar-refractivity contribution is 8.01. The van der Waals surface area contributed by atoms with Crippen LogP contribution >= 0.6 is 11.8 Å². The molecule has 0 radical (unpaired) electrons. The monoisotopic (exact) mass is 329 g/mol. The zero-order valence-corrected chi connectivity index (χ0v) is 14.2. The lowest BCUT2D eigenvalue weighted by Gasteiger charge is -2.23. The largest absolute Gasteiger partial charge is 0.383 e. The zero-order valence-electron chi connectivity index (χ0n) is 12.6. The first-order valence-corrected chi connectivity index (χ1v) is 9.76. The highest BCUT2D eigenvalue weighted by Gasteiger charge is 2.32. The number of sulfonamides is 1. The number of thioether (sulfide) groups is 1. The second-order valence-corrected chi connectivity index (χ2v) is 8.87. The topological polar surface area (TPSA) is 71.1 Å². The van der Waals surface area contributed by atoms with Crippen LogP contribution in [0.25, 0.3) is 0 Å². The Bertz CT molecular complexity index is 569. The van der Waals surface area contributed by atoms with E-state index >= 15 is 0 Å². The van der Waals surface area contributed by atoms with Crippen molar-refractivity contribution < 1.29 is 8.42 Å². The average molecular weight is 329 g/mol. The molecule has 1 aliphatic rings. The third-order valence-electron chi connectivity index (χ3n) is 3.53. The molecule has 2 N–H and O–H groups in total. The van der Waals surface area contributed by atoms with Crippen molar-refractivity contribution in [1.29, 1.82) is 0 Å². The fraction of sp³-hybridized carbons (Fsp3) is 0.643. The second-order valence-electron chi connectivity index (χ2n) is 5.51. The molecule has 1 aromatic rings. The van der Waals surface area contributed by atoms with Gasteiger partial charge in [0.1, 0.15) is 0 Å². The summed E-state index contributed by atoms with van der Waals surface area (Å²) in [5, 5.41) is 3.21. The van der Waals surface area contributed by atoms with E-state index in [1.54, 1.807) is 12.1 Å². The van der Waals surface area contributed by atoms with Crippen LogP contribution in [0.15, 0.2) is 23.4 Å². The van der Waals surface area contributed by atoms with Crippen LogP contribution in [0.2, 0.25) is 0 Å². The van der Waals surface area contributed by atoms with E-state index < -0.39 is 10.0 Å². The molecule has 0 saturated carbocycles. The molecule has 5 nitrogen and oxygen atoms in total. The maximum absolute atomic E-state index is 12.5. The Morgan fingerprint density at radius 1 is 1.48 bits per heavy atom. The average Bonchev–Trinajstić information content (AvgIpc) is 2.91. The summed E-state index contributed by atoms with van der Waals surface area (Å²) in [4.78, 5) is 4.05. The first kappa shape index (κ1) is 16.6. The number of hydrogen-bond donors (Lipinski definition) is 2. The smallest absolute Gasteiger partial charge is 0.260 e. The van der Waals surface area contributed by atoms with Crippen molar-refractivity contribution in [3.63, 3.8) is 0 Å². The lowest BCUT2D eigenvalue weighted by Crippen LogP contribution is -2.37. The third-order valence-corrected chi connectivity index (χ3v) is 6.42. The summed E-state index contributed by atoms with van der Waals surface area (Å²) in [6.45, 7) is 5.32. The number of hydrogen-bond acceptors (Lipinski definition) is 5. The molecule has 0 amide bonds. The summed E-state index contributed by atoms with van der Waals surface area (Å²) >= 11 is 1.84. The molecule has 1 fully saturated rings. The Morgan fingerprint density at radius 3 is 2.95 bits per heavy atom. The molecule has 0 aromatic carbocycles. The molecule has 1 unspecified atom stereocenters. The first-order valence-electron chi connectivity index (χ1n) is 7.29. The van der Waals surface area contributed by atoms with Crippen molar-refractivity contribution in [2.24, 2.45) is 0 Å². The van der Waals surface area contributed by atoms with E-state index in [0.717, 1.165) is 31.6 Å². The van der Waals surface area contributed by atoms with Gasteiger partial charge in [-0.1, -0.05) is 6.92 Å². The quantitative estimate of drug-likeness (QED) is 0.804. The number of aromatic nitrogens is 1. The fourth-order valence-electron chi connectivity index (χ4n) is 2.29. The van der Waals surface area contributed by atoms with E-state index in [2.05, 4.69) is 21.9 Å². The van der Waals surface area contributed by atoms with Gasteiger partial charge in [-0.3, -0.25) is 0 Å². The highest BCUT2D eigenvalue weighted by Crippen LogP contribution is 2.37. The van der Waals surface area contributed by atoms with Crippen LogP contribution in [0.3, 0.4) is 0 Å². The number of anilines is 1. The molecule has 0 spiro atoms. The Balaban J connectivity index is 2.11. The van der Waals surface area contributed by atoms with Crippen molar-refractivity contribution in [2.75, 3.05) is 24.2 Å². The van der Waals surface area contributed by atoms with Gasteiger partial charge in [0.2, 0.25) is 0 Å². The summed E-state index contributed by atoms with van der Waals surface area (Å²) in [6, 6.07) is 3.49. The fourth-order valence-corrected chi connectivity index (χ4v) is 4.90. The molecule has 21 heavy (non-hydrogen) atoms. The third kappa shape index (κ3) is 4.34. The second kappa shape index (κ2) is 6.98. The summed E-state index contributed by atoms with van der Waals surface area (Å²) in [5.41, 5.74) is 0.566. The summed E-state index contributed by atoms with van der Waals surface area (Å²) in [6.07, 6.45) is 4.63. The van der Waals surface area contributed by atoms with Crippen molar-refractivity contribution >= 4 is 27.5 Å². The van der Waals surface area contributed by atoms with E-state index in [1.807, 2.05) is 18.7 Å². The molecule has 1 saturated heterocycles. The lowest BCUT2D eigenvalue weighted by molar-refractivity contribution is 0.550. The zero-order chi connectivity index (χ0) is 15.3. The molecule has 0 aliphatic carbocycles. The Kier molecular flexibility index (Phi) is 5.51. The minimum atomic E-state index is -3.58. The summed E-state index contributed by atoms with van der Waals surface area (Å²) < 4.78 is 27.7. The van der Waals surface area contributed by atoms with Crippen molar-refractivity contribution in [3.8, 4) is 0 Å². The molecule has 2 heterocycles. The van der Waals surface area contributed by atoms with Gasteiger partial charge >= 0.3 is 0 Å². The van der Waals surface area contributed by atoms with Gasteiger partial charge in [0.05, 0.1) is 5.69 Å². The van der Waals surface area contributed by atoms with Gasteiger partial charge in [0.15, 0.2) is 5.03 Å². The van der Waals surface area contributed by atoms with Gasteiger partial charge < -0.3 is 5.32 Å². The van der Waals surface area contributed by atoms with E-state index in [0.29, 0.717) is 12.2 Å². The Morgan fingerprint density at radius 2 is 2.29 bits per heavy atom. The van der Waals surface area contributed by atoms with Crippen LogP contribution in [0, 0.1) is 0 Å². The van der Waals surface area contributed by atoms with Crippen LogP contribution in [-0.2, 0) is 10.0 Å². The Labute approximate surface area is 131 Å². The summed E-state index contributed by atoms with van der Waals surface area (Å²) in [5.74, 6) is 1.10. The number of rotatable bonds is 7. The molecule has 0 bridgehead atoms. The molecule has 1 atom stereocenters. The number of pyridine rings is 1. The van der Waals surface area contributed by atoms with Crippen LogP contribution in [0.5, 0.6) is 0 Å². The predicted octanol–water partition coefficient (Wildman–Crippen LogP) is 2.47. The minimum Gasteiger partial charge on any atom is -0.383 e. The SMILES string of the molecule is CCCNc1cccnc1S(=O)(=O)NCC1(C)CCCS1. The predicted molar refractivity (Wildman–Crippen MR) is 88.3 cm³/mol. The van der Waals surface area contributed by atoms with E-state index in [9.17, 15) is 8.42 Å². The van der Waals surface area contributed by atoms with Crippen LogP contribution < -0.4 is 10.0 Å².